The van der Waals surface area contributed by atoms with Crippen LogP contribution in [0.15, 0.2) is 0 Å². The highest BCUT2D eigenvalue weighted by atomic mass is 16.3. The minimum Gasteiger partial charge on any atom is -0.395 e. The molecule has 94 valence electrons. The molecule has 0 amide bonds. The zero-order chi connectivity index (χ0) is 11.9. The molecule has 0 saturated carbocycles. The summed E-state index contributed by atoms with van der Waals surface area (Å²) in [5.74, 6) is 0. The lowest BCUT2D eigenvalue weighted by molar-refractivity contribution is 0.136. The number of nitrogens with zero attached hydrogens (tertiary/aromatic N) is 1. The first-order valence-corrected chi connectivity index (χ1v) is 5.07. The van der Waals surface area contributed by atoms with E-state index in [4.69, 9.17) is 20.4 Å². The number of rotatable bonds is 8. The van der Waals surface area contributed by atoms with E-state index < -0.39 is 0 Å². The molecule has 0 aliphatic rings. The Kier molecular flexibility index (Phi) is 18.5. The lowest BCUT2D eigenvalue weighted by Crippen LogP contribution is -2.32. The van der Waals surface area contributed by atoms with Gasteiger partial charge in [0.25, 0.3) is 0 Å². The van der Waals surface area contributed by atoms with Gasteiger partial charge in [-0.2, -0.15) is 0 Å². The summed E-state index contributed by atoms with van der Waals surface area (Å²) in [5, 5.41) is 36.2. The second kappa shape index (κ2) is 16.2. The van der Waals surface area contributed by atoms with Crippen LogP contribution >= 0.6 is 0 Å². The van der Waals surface area contributed by atoms with Crippen molar-refractivity contribution in [2.45, 2.75) is 0 Å². The van der Waals surface area contributed by atoms with E-state index in [1.807, 2.05) is 0 Å². The van der Waals surface area contributed by atoms with E-state index in [1.165, 1.54) is 0 Å². The maximum absolute atomic E-state index is 8.48. The number of hydrogen-bond donors (Lipinski definition) is 5. The summed E-state index contributed by atoms with van der Waals surface area (Å²) >= 11 is 0. The number of aliphatic hydroxyl groups excluding tert-OH is 4. The average molecular weight is 224 g/mol. The van der Waals surface area contributed by atoms with Crippen molar-refractivity contribution in [3.05, 3.63) is 0 Å². The van der Waals surface area contributed by atoms with Crippen LogP contribution in [0.1, 0.15) is 0 Å². The fourth-order valence-electron chi connectivity index (χ4n) is 0.871. The van der Waals surface area contributed by atoms with E-state index in [9.17, 15) is 0 Å². The molecule has 0 saturated heterocycles. The Balaban J connectivity index is 0. The first kappa shape index (κ1) is 17.2. The van der Waals surface area contributed by atoms with E-state index in [1.54, 1.807) is 11.9 Å². The molecule has 6 nitrogen and oxygen atoms in total. The standard InChI is InChI=1S/C6H15NO3.C3H9NO/c8-4-1-7(2-5-9)3-6-10;1-4-2-3-5/h8-10H,1-6H2;4-5H,2-3H2,1H3. The Labute approximate surface area is 91.2 Å². The van der Waals surface area contributed by atoms with Crippen molar-refractivity contribution < 1.29 is 20.4 Å². The van der Waals surface area contributed by atoms with Gasteiger partial charge < -0.3 is 25.7 Å². The Hall–Kier alpha value is -0.240. The van der Waals surface area contributed by atoms with Gasteiger partial charge in [0.15, 0.2) is 0 Å². The fraction of sp³-hybridized carbons (Fsp3) is 1.00. The molecule has 0 aliphatic heterocycles. The second-order valence-electron chi connectivity index (χ2n) is 2.84. The summed E-state index contributed by atoms with van der Waals surface area (Å²) in [7, 11) is 1.80. The predicted molar refractivity (Wildman–Crippen MR) is 58.7 cm³/mol. The third-order valence-corrected chi connectivity index (χ3v) is 1.61. The van der Waals surface area contributed by atoms with E-state index in [0.29, 0.717) is 26.2 Å². The summed E-state index contributed by atoms with van der Waals surface area (Å²) < 4.78 is 0. The highest BCUT2D eigenvalue weighted by Crippen LogP contribution is 1.84. The lowest BCUT2D eigenvalue weighted by Gasteiger charge is -2.17. The van der Waals surface area contributed by atoms with Crippen molar-refractivity contribution in [2.24, 2.45) is 0 Å². The van der Waals surface area contributed by atoms with E-state index >= 15 is 0 Å². The zero-order valence-electron chi connectivity index (χ0n) is 9.39. The molecule has 0 fully saturated rings. The molecule has 0 unspecified atom stereocenters. The summed E-state index contributed by atoms with van der Waals surface area (Å²) in [6.07, 6.45) is 0. The van der Waals surface area contributed by atoms with Crippen LogP contribution in [0.5, 0.6) is 0 Å². The topological polar surface area (TPSA) is 96.2 Å². The first-order valence-electron chi connectivity index (χ1n) is 5.07. The molecule has 5 N–H and O–H groups in total. The maximum atomic E-state index is 8.48. The Bertz CT molecular complexity index is 89.8. The summed E-state index contributed by atoms with van der Waals surface area (Å²) in [6, 6.07) is 0. The Morgan fingerprint density at radius 3 is 1.33 bits per heavy atom. The largest absolute Gasteiger partial charge is 0.395 e. The molecule has 0 aliphatic carbocycles. The molecule has 0 radical (unpaired) electrons. The van der Waals surface area contributed by atoms with Gasteiger partial charge in [-0.25, -0.2) is 0 Å². The van der Waals surface area contributed by atoms with Crippen LogP contribution in [-0.2, 0) is 0 Å². The van der Waals surface area contributed by atoms with Gasteiger partial charge in [-0.15, -0.1) is 0 Å². The molecule has 15 heavy (non-hydrogen) atoms. The van der Waals surface area contributed by atoms with Gasteiger partial charge in [0.1, 0.15) is 0 Å². The highest BCUT2D eigenvalue weighted by Gasteiger charge is 2.00. The van der Waals surface area contributed by atoms with Crippen LogP contribution < -0.4 is 5.32 Å². The molecule has 0 aromatic carbocycles. The fourth-order valence-corrected chi connectivity index (χ4v) is 0.871. The first-order chi connectivity index (χ1) is 7.26. The smallest absolute Gasteiger partial charge is 0.0558 e. The zero-order valence-corrected chi connectivity index (χ0v) is 9.39. The van der Waals surface area contributed by atoms with Crippen molar-refractivity contribution in [3.63, 3.8) is 0 Å². The van der Waals surface area contributed by atoms with Crippen molar-refractivity contribution in [3.8, 4) is 0 Å². The summed E-state index contributed by atoms with van der Waals surface area (Å²) in [5.41, 5.74) is 0. The molecule has 0 heterocycles. The molecular weight excluding hydrogens is 200 g/mol. The molecular formula is C9H24N2O4. The van der Waals surface area contributed by atoms with Crippen LogP contribution in [0.2, 0.25) is 0 Å². The van der Waals surface area contributed by atoms with Crippen molar-refractivity contribution in [2.75, 3.05) is 59.7 Å². The molecule has 0 rings (SSSR count). The number of nitrogens with one attached hydrogen (secondary N) is 1. The number of likely N-dealkylation sites (N-methyl/N-ethyl adjacent to an activating group) is 1. The normalized spacial score (nSPS) is 10.0. The van der Waals surface area contributed by atoms with E-state index in [2.05, 4.69) is 5.32 Å². The molecule has 0 bridgehead atoms. The maximum Gasteiger partial charge on any atom is 0.0558 e. The quantitative estimate of drug-likeness (QED) is 0.312. The molecule has 6 heteroatoms. The highest BCUT2D eigenvalue weighted by molar-refractivity contribution is 4.54. The van der Waals surface area contributed by atoms with Crippen molar-refractivity contribution >= 4 is 0 Å². The monoisotopic (exact) mass is 224 g/mol. The third-order valence-electron chi connectivity index (χ3n) is 1.61. The average Bonchev–Trinajstić information content (AvgIpc) is 2.21. The van der Waals surface area contributed by atoms with Gasteiger partial charge in [-0.3, -0.25) is 4.90 Å². The van der Waals surface area contributed by atoms with Crippen LogP contribution in [0.3, 0.4) is 0 Å². The summed E-state index contributed by atoms with van der Waals surface area (Å²) in [4.78, 5) is 1.79. The minimum absolute atomic E-state index is 0.0694. The van der Waals surface area contributed by atoms with Crippen LogP contribution in [-0.4, -0.2) is 85.0 Å². The van der Waals surface area contributed by atoms with Gasteiger partial charge >= 0.3 is 0 Å². The van der Waals surface area contributed by atoms with Gasteiger partial charge in [-0.05, 0) is 7.05 Å². The second-order valence-corrected chi connectivity index (χ2v) is 2.84. The molecule has 0 atom stereocenters. The van der Waals surface area contributed by atoms with Crippen LogP contribution in [0.25, 0.3) is 0 Å². The lowest BCUT2D eigenvalue weighted by atomic mass is 10.4. The SMILES string of the molecule is CNCCO.OCCN(CCO)CCO. The van der Waals surface area contributed by atoms with Crippen molar-refractivity contribution in [1.29, 1.82) is 0 Å². The number of hydrogen-bond acceptors (Lipinski definition) is 6. The van der Waals surface area contributed by atoms with E-state index in [-0.39, 0.29) is 26.4 Å². The molecule has 0 aromatic rings. The predicted octanol–water partition coefficient (Wildman–Crippen LogP) is -2.54. The van der Waals surface area contributed by atoms with E-state index in [0.717, 1.165) is 0 Å². The van der Waals surface area contributed by atoms with Gasteiger partial charge in [0.05, 0.1) is 26.4 Å². The van der Waals surface area contributed by atoms with Crippen LogP contribution in [0.4, 0.5) is 0 Å². The Morgan fingerprint density at radius 1 is 0.800 bits per heavy atom. The molecule has 0 spiro atoms. The van der Waals surface area contributed by atoms with Gasteiger partial charge in [0.2, 0.25) is 0 Å². The van der Waals surface area contributed by atoms with Gasteiger partial charge in [0, 0.05) is 26.2 Å². The minimum atomic E-state index is 0.0694. The van der Waals surface area contributed by atoms with Gasteiger partial charge in [-0.1, -0.05) is 0 Å². The Morgan fingerprint density at radius 2 is 1.20 bits per heavy atom. The number of aliphatic hydroxyl groups is 4. The van der Waals surface area contributed by atoms with Crippen molar-refractivity contribution in [1.82, 2.24) is 10.2 Å². The van der Waals surface area contributed by atoms with Crippen LogP contribution in [0, 0.1) is 0 Å². The third kappa shape index (κ3) is 16.4. The summed E-state index contributed by atoms with van der Waals surface area (Å²) in [6.45, 7) is 2.68. The molecule has 0 aromatic heterocycles.